The third-order valence-electron chi connectivity index (χ3n) is 6.23. The summed E-state index contributed by atoms with van der Waals surface area (Å²) < 4.78 is 24.5. The Morgan fingerprint density at radius 1 is 1.18 bits per heavy atom. The average Bonchev–Trinajstić information content (AvgIpc) is 3.28. The van der Waals surface area contributed by atoms with Crippen LogP contribution >= 0.6 is 24.0 Å². The number of halogens is 2. The van der Waals surface area contributed by atoms with E-state index >= 15 is 0 Å². The van der Waals surface area contributed by atoms with Crippen molar-refractivity contribution in [2.24, 2.45) is 4.99 Å². The Balaban J connectivity index is 0.00000306. The highest BCUT2D eigenvalue weighted by atomic mass is 127. The van der Waals surface area contributed by atoms with Crippen molar-refractivity contribution in [2.45, 2.75) is 38.3 Å². The quantitative estimate of drug-likeness (QED) is 0.303. The van der Waals surface area contributed by atoms with E-state index in [-0.39, 0.29) is 29.8 Å². The summed E-state index contributed by atoms with van der Waals surface area (Å²) in [6.07, 6.45) is 4.02. The fraction of sp³-hybridized carbons (Fsp3) is 0.480. The second-order valence-electron chi connectivity index (χ2n) is 8.45. The summed E-state index contributed by atoms with van der Waals surface area (Å²) in [6, 6.07) is 12.1. The predicted molar refractivity (Wildman–Crippen MR) is 141 cm³/mol. The summed E-state index contributed by atoms with van der Waals surface area (Å²) in [5.41, 5.74) is 3.61. The first-order chi connectivity index (χ1) is 15.6. The van der Waals surface area contributed by atoms with Crippen LogP contribution in [-0.4, -0.2) is 57.3 Å². The number of hydrogen-bond acceptors (Lipinski definition) is 4. The van der Waals surface area contributed by atoms with Crippen LogP contribution < -0.4 is 20.1 Å². The molecule has 2 aliphatic heterocycles. The predicted octanol–water partition coefficient (Wildman–Crippen LogP) is 3.76. The number of nitrogens with one attached hydrogen (secondary N) is 2. The van der Waals surface area contributed by atoms with Gasteiger partial charge < -0.3 is 20.1 Å². The van der Waals surface area contributed by atoms with Crippen LogP contribution in [0.15, 0.2) is 41.4 Å². The molecule has 2 aromatic carbocycles. The Morgan fingerprint density at radius 2 is 1.97 bits per heavy atom. The van der Waals surface area contributed by atoms with Gasteiger partial charge in [-0.05, 0) is 54.2 Å². The first kappa shape index (κ1) is 25.6. The Hall–Kier alpha value is -2.07. The van der Waals surface area contributed by atoms with E-state index < -0.39 is 0 Å². The number of benzene rings is 2. The molecule has 1 fully saturated rings. The fourth-order valence-corrected chi connectivity index (χ4v) is 4.41. The molecule has 0 radical (unpaired) electrons. The van der Waals surface area contributed by atoms with E-state index in [4.69, 9.17) is 9.47 Å². The first-order valence-corrected chi connectivity index (χ1v) is 11.4. The molecule has 6 nitrogen and oxygen atoms in total. The number of rotatable bonds is 7. The van der Waals surface area contributed by atoms with Crippen LogP contribution in [0.5, 0.6) is 11.5 Å². The summed E-state index contributed by atoms with van der Waals surface area (Å²) in [6.45, 7) is 4.33. The van der Waals surface area contributed by atoms with Gasteiger partial charge in [0.15, 0.2) is 17.5 Å². The molecule has 33 heavy (non-hydrogen) atoms. The van der Waals surface area contributed by atoms with E-state index in [0.29, 0.717) is 11.8 Å². The normalized spacial score (nSPS) is 16.5. The maximum Gasteiger partial charge on any atom is 0.191 e. The van der Waals surface area contributed by atoms with Gasteiger partial charge in [-0.2, -0.15) is 0 Å². The SMILES string of the molecule is CN=C(NCCc1ccc2c(c1)CCO2)NC1CCN(Cc2ccc(OC)c(F)c2)CC1.I. The summed E-state index contributed by atoms with van der Waals surface area (Å²) >= 11 is 0. The molecular formula is C25H34FIN4O2. The number of nitrogens with zero attached hydrogens (tertiary/aromatic N) is 2. The highest BCUT2D eigenvalue weighted by Crippen LogP contribution is 2.26. The molecule has 0 aliphatic carbocycles. The van der Waals surface area contributed by atoms with Crippen LogP contribution in [0.25, 0.3) is 0 Å². The van der Waals surface area contributed by atoms with E-state index in [2.05, 4.69) is 38.7 Å². The van der Waals surface area contributed by atoms with Gasteiger partial charge >= 0.3 is 0 Å². The molecular weight excluding hydrogens is 534 g/mol. The Kier molecular flexibility index (Phi) is 9.61. The summed E-state index contributed by atoms with van der Waals surface area (Å²) in [7, 11) is 3.30. The molecule has 0 aromatic heterocycles. The van der Waals surface area contributed by atoms with Gasteiger partial charge in [0.1, 0.15) is 5.75 Å². The fourth-order valence-electron chi connectivity index (χ4n) is 4.41. The second-order valence-corrected chi connectivity index (χ2v) is 8.45. The molecule has 180 valence electrons. The molecule has 2 heterocycles. The highest BCUT2D eigenvalue weighted by Gasteiger charge is 2.20. The lowest BCUT2D eigenvalue weighted by atomic mass is 10.0. The summed E-state index contributed by atoms with van der Waals surface area (Å²) in [5, 5.41) is 7.00. The molecule has 0 bridgehead atoms. The van der Waals surface area contributed by atoms with Crippen molar-refractivity contribution >= 4 is 29.9 Å². The van der Waals surface area contributed by atoms with Crippen LogP contribution in [0.4, 0.5) is 4.39 Å². The maximum atomic E-state index is 13.9. The minimum atomic E-state index is -0.301. The minimum Gasteiger partial charge on any atom is -0.494 e. The number of aliphatic imine (C=N–C) groups is 1. The number of hydrogen-bond donors (Lipinski definition) is 2. The van der Waals surface area contributed by atoms with E-state index in [1.165, 1.54) is 18.2 Å². The lowest BCUT2D eigenvalue weighted by molar-refractivity contribution is 0.198. The van der Waals surface area contributed by atoms with Gasteiger partial charge in [0.2, 0.25) is 0 Å². The zero-order valence-electron chi connectivity index (χ0n) is 19.4. The topological polar surface area (TPSA) is 58.1 Å². The number of guanidine groups is 1. The lowest BCUT2D eigenvalue weighted by Gasteiger charge is -2.33. The monoisotopic (exact) mass is 568 g/mol. The third kappa shape index (κ3) is 6.96. The van der Waals surface area contributed by atoms with Crippen molar-refractivity contribution in [3.05, 3.63) is 58.9 Å². The van der Waals surface area contributed by atoms with Crippen LogP contribution in [0.3, 0.4) is 0 Å². The molecule has 1 saturated heterocycles. The van der Waals surface area contributed by atoms with Crippen LogP contribution in [0.1, 0.15) is 29.5 Å². The molecule has 2 aromatic rings. The third-order valence-corrected chi connectivity index (χ3v) is 6.23. The van der Waals surface area contributed by atoms with Crippen molar-refractivity contribution in [2.75, 3.05) is 40.4 Å². The zero-order chi connectivity index (χ0) is 22.3. The molecule has 2 N–H and O–H groups in total. The van der Waals surface area contributed by atoms with Gasteiger partial charge in [-0.1, -0.05) is 18.2 Å². The molecule has 0 spiro atoms. The second kappa shape index (κ2) is 12.4. The number of methoxy groups -OCH3 is 1. The van der Waals surface area contributed by atoms with Crippen molar-refractivity contribution in [1.82, 2.24) is 15.5 Å². The van der Waals surface area contributed by atoms with Gasteiger partial charge in [-0.15, -0.1) is 24.0 Å². The molecule has 0 saturated carbocycles. The minimum absolute atomic E-state index is 0. The molecule has 4 rings (SSSR count). The molecule has 0 unspecified atom stereocenters. The van der Waals surface area contributed by atoms with E-state index in [0.717, 1.165) is 75.7 Å². The van der Waals surface area contributed by atoms with Crippen molar-refractivity contribution < 1.29 is 13.9 Å². The number of ether oxygens (including phenoxy) is 2. The highest BCUT2D eigenvalue weighted by molar-refractivity contribution is 14.0. The zero-order valence-corrected chi connectivity index (χ0v) is 21.7. The maximum absolute atomic E-state index is 13.9. The van der Waals surface area contributed by atoms with Crippen LogP contribution in [0.2, 0.25) is 0 Å². The van der Waals surface area contributed by atoms with Crippen molar-refractivity contribution in [3.63, 3.8) is 0 Å². The Morgan fingerprint density at radius 3 is 2.70 bits per heavy atom. The largest absolute Gasteiger partial charge is 0.494 e. The molecule has 0 amide bonds. The number of piperidine rings is 1. The lowest BCUT2D eigenvalue weighted by Crippen LogP contribution is -2.48. The Labute approximate surface area is 213 Å². The molecule has 8 heteroatoms. The van der Waals surface area contributed by atoms with Gasteiger partial charge in [0.25, 0.3) is 0 Å². The Bertz CT molecular complexity index is 948. The van der Waals surface area contributed by atoms with Gasteiger partial charge in [-0.3, -0.25) is 9.89 Å². The summed E-state index contributed by atoms with van der Waals surface area (Å²) in [4.78, 5) is 6.76. The molecule has 0 atom stereocenters. The summed E-state index contributed by atoms with van der Waals surface area (Å²) in [5.74, 6) is 1.87. The van der Waals surface area contributed by atoms with Gasteiger partial charge in [0.05, 0.1) is 13.7 Å². The molecule has 2 aliphatic rings. The van der Waals surface area contributed by atoms with Crippen LogP contribution in [-0.2, 0) is 19.4 Å². The number of fused-ring (bicyclic) bond motifs is 1. The average molecular weight is 568 g/mol. The first-order valence-electron chi connectivity index (χ1n) is 11.4. The van der Waals surface area contributed by atoms with Gasteiger partial charge in [-0.25, -0.2) is 4.39 Å². The van der Waals surface area contributed by atoms with Crippen molar-refractivity contribution in [1.29, 1.82) is 0 Å². The standard InChI is InChI=1S/C25H33FN4O2.HI/c1-27-25(28-11-7-18-3-5-23-20(15-18)10-14-32-23)29-21-8-12-30(13-9-21)17-19-4-6-24(31-2)22(26)16-19;/h3-6,15-16,21H,7-14,17H2,1-2H3,(H2,27,28,29);1H. The van der Waals surface area contributed by atoms with Gasteiger partial charge in [0, 0.05) is 45.7 Å². The van der Waals surface area contributed by atoms with Crippen molar-refractivity contribution in [3.8, 4) is 11.5 Å². The number of likely N-dealkylation sites (tertiary alicyclic amines) is 1. The van der Waals surface area contributed by atoms with E-state index in [1.54, 1.807) is 12.1 Å². The van der Waals surface area contributed by atoms with E-state index in [9.17, 15) is 4.39 Å². The van der Waals surface area contributed by atoms with E-state index in [1.807, 2.05) is 13.1 Å². The van der Waals surface area contributed by atoms with Crippen LogP contribution in [0, 0.1) is 5.82 Å². The smallest absolute Gasteiger partial charge is 0.191 e.